The lowest BCUT2D eigenvalue weighted by atomic mass is 10.2. The number of halogens is 6. The highest BCUT2D eigenvalue weighted by Gasteiger charge is 2.33. The number of pyridine rings is 1. The highest BCUT2D eigenvalue weighted by molar-refractivity contribution is 9.08. The highest BCUT2D eigenvalue weighted by atomic mass is 79.9. The van der Waals surface area contributed by atoms with E-state index >= 15 is 0 Å². The Bertz CT molecular complexity index is 316. The topological polar surface area (TPSA) is 12.9 Å². The molecule has 0 aromatic carbocycles. The van der Waals surface area contributed by atoms with Crippen molar-refractivity contribution in [1.29, 1.82) is 0 Å². The first-order chi connectivity index (χ1) is 5.95. The predicted molar refractivity (Wildman–Crippen MR) is 57.2 cm³/mol. The molecule has 0 aliphatic rings. The average Bonchev–Trinajstić information content (AvgIpc) is 2.03. The summed E-state index contributed by atoms with van der Waals surface area (Å²) in [5.41, 5.74) is -0.853. The zero-order valence-corrected chi connectivity index (χ0v) is 10.7. The molecule has 0 aliphatic heterocycles. The molecule has 1 aromatic heterocycles. The first-order valence-corrected chi connectivity index (χ1v) is 4.72. The molecule has 0 saturated heterocycles. The van der Waals surface area contributed by atoms with E-state index in [1.807, 2.05) is 0 Å². The summed E-state index contributed by atoms with van der Waals surface area (Å²) in [4.78, 5) is 3.56. The van der Waals surface area contributed by atoms with Gasteiger partial charge in [0.2, 0.25) is 0 Å². The summed E-state index contributed by atoms with van der Waals surface area (Å²) in [5.74, 6) is 0. The fraction of sp³-hybridized carbons (Fsp3) is 0.286. The molecule has 0 radical (unpaired) electrons. The fourth-order valence-corrected chi connectivity index (χ4v) is 1.42. The van der Waals surface area contributed by atoms with Crippen LogP contribution in [0, 0.1) is 0 Å². The van der Waals surface area contributed by atoms with Crippen molar-refractivity contribution in [2.75, 3.05) is 0 Å². The van der Waals surface area contributed by atoms with Crippen LogP contribution in [0.3, 0.4) is 0 Å². The van der Waals surface area contributed by atoms with Crippen LogP contribution in [0.4, 0.5) is 13.2 Å². The van der Waals surface area contributed by atoms with E-state index in [1.165, 1.54) is 6.20 Å². The summed E-state index contributed by atoms with van der Waals surface area (Å²) in [6.45, 7) is 0. The van der Waals surface area contributed by atoms with Crippen LogP contribution in [0.15, 0.2) is 12.3 Å². The van der Waals surface area contributed by atoms with Gasteiger partial charge in [-0.25, -0.2) is 0 Å². The van der Waals surface area contributed by atoms with Gasteiger partial charge in [0.15, 0.2) is 0 Å². The Labute approximate surface area is 103 Å². The second kappa shape index (κ2) is 5.32. The third-order valence-electron chi connectivity index (χ3n) is 1.37. The molecule has 0 saturated carbocycles. The van der Waals surface area contributed by atoms with Gasteiger partial charge in [0.25, 0.3) is 0 Å². The molecule has 1 heterocycles. The quantitative estimate of drug-likeness (QED) is 0.687. The van der Waals surface area contributed by atoms with Gasteiger partial charge in [0.1, 0.15) is 0 Å². The molecule has 0 aliphatic carbocycles. The first kappa shape index (κ1) is 14.2. The van der Waals surface area contributed by atoms with Crippen molar-refractivity contribution in [3.05, 3.63) is 28.5 Å². The Balaban J connectivity index is 0.00000169. The number of hydrogen-bond donors (Lipinski definition) is 0. The summed E-state index contributed by atoms with van der Waals surface area (Å²) in [7, 11) is 0. The lowest BCUT2D eigenvalue weighted by Crippen LogP contribution is -2.09. The van der Waals surface area contributed by atoms with Crippen LogP contribution < -0.4 is 0 Å². The largest absolute Gasteiger partial charge is 0.418 e. The van der Waals surface area contributed by atoms with Gasteiger partial charge in [-0.3, -0.25) is 4.98 Å². The van der Waals surface area contributed by atoms with Crippen molar-refractivity contribution < 1.29 is 13.2 Å². The van der Waals surface area contributed by atoms with E-state index in [0.29, 0.717) is 0 Å². The van der Waals surface area contributed by atoms with Crippen LogP contribution in [0.1, 0.15) is 11.3 Å². The van der Waals surface area contributed by atoms with E-state index in [0.717, 1.165) is 6.07 Å². The number of hydrogen-bond acceptors (Lipinski definition) is 1. The minimum absolute atomic E-state index is 0. The zero-order chi connectivity index (χ0) is 10.1. The van der Waals surface area contributed by atoms with Crippen LogP contribution in [-0.2, 0) is 11.5 Å². The molecule has 80 valence electrons. The number of aromatic nitrogens is 1. The zero-order valence-electron chi connectivity index (χ0n) is 6.61. The van der Waals surface area contributed by atoms with Crippen LogP contribution in [0.5, 0.6) is 0 Å². The Kier molecular flexibility index (Phi) is 5.39. The standard InChI is InChI=1S/C7H4BrClF3N.BrH/c8-2-6-5(7(10,11)12)1-4(9)3-13-6;/h1,3H,2H2;1H. The van der Waals surface area contributed by atoms with Crippen molar-refractivity contribution >= 4 is 44.5 Å². The Morgan fingerprint density at radius 1 is 1.43 bits per heavy atom. The third-order valence-corrected chi connectivity index (χ3v) is 2.11. The molecule has 0 fully saturated rings. The molecule has 14 heavy (non-hydrogen) atoms. The number of alkyl halides is 4. The average molecular weight is 355 g/mol. The van der Waals surface area contributed by atoms with E-state index in [9.17, 15) is 13.2 Å². The molecule has 0 amide bonds. The molecule has 1 aromatic rings. The molecule has 1 nitrogen and oxygen atoms in total. The normalized spacial score (nSPS) is 10.9. The van der Waals surface area contributed by atoms with Crippen LogP contribution in [0.2, 0.25) is 5.02 Å². The van der Waals surface area contributed by atoms with Crippen LogP contribution >= 0.6 is 44.5 Å². The van der Waals surface area contributed by atoms with Gasteiger partial charge in [0.05, 0.1) is 16.3 Å². The van der Waals surface area contributed by atoms with Crippen molar-refractivity contribution in [2.24, 2.45) is 0 Å². The monoisotopic (exact) mass is 353 g/mol. The maximum Gasteiger partial charge on any atom is 0.418 e. The molecular weight excluding hydrogens is 350 g/mol. The van der Waals surface area contributed by atoms with E-state index in [-0.39, 0.29) is 33.0 Å². The summed E-state index contributed by atoms with van der Waals surface area (Å²) in [6.07, 6.45) is -3.21. The second-order valence-electron chi connectivity index (χ2n) is 2.28. The highest BCUT2D eigenvalue weighted by Crippen LogP contribution is 2.33. The van der Waals surface area contributed by atoms with Crippen LogP contribution in [-0.4, -0.2) is 4.98 Å². The van der Waals surface area contributed by atoms with Gasteiger partial charge in [0, 0.05) is 11.5 Å². The molecule has 0 bridgehead atoms. The third kappa shape index (κ3) is 3.40. The van der Waals surface area contributed by atoms with E-state index in [4.69, 9.17) is 11.6 Å². The first-order valence-electron chi connectivity index (χ1n) is 3.22. The van der Waals surface area contributed by atoms with Gasteiger partial charge in [-0.2, -0.15) is 13.2 Å². The van der Waals surface area contributed by atoms with E-state index in [2.05, 4.69) is 20.9 Å². The summed E-state index contributed by atoms with van der Waals surface area (Å²) >= 11 is 8.32. The van der Waals surface area contributed by atoms with Gasteiger partial charge < -0.3 is 0 Å². The SMILES string of the molecule is Br.FC(F)(F)c1cc(Cl)cnc1CBr. The van der Waals surface area contributed by atoms with E-state index < -0.39 is 11.7 Å². The van der Waals surface area contributed by atoms with E-state index in [1.54, 1.807) is 0 Å². The lowest BCUT2D eigenvalue weighted by molar-refractivity contribution is -0.138. The molecule has 0 spiro atoms. The van der Waals surface area contributed by atoms with Gasteiger partial charge in [-0.15, -0.1) is 17.0 Å². The number of nitrogens with zero attached hydrogens (tertiary/aromatic N) is 1. The molecule has 0 unspecified atom stereocenters. The van der Waals surface area contributed by atoms with Gasteiger partial charge in [-0.1, -0.05) is 27.5 Å². The predicted octanol–water partition coefficient (Wildman–Crippen LogP) is 4.23. The minimum Gasteiger partial charge on any atom is -0.258 e. The Hall–Kier alpha value is 0.190. The number of rotatable bonds is 1. The summed E-state index contributed by atoms with van der Waals surface area (Å²) in [6, 6.07) is 0.866. The molecule has 7 heteroatoms. The summed E-state index contributed by atoms with van der Waals surface area (Å²) in [5, 5.41) is 0.0379. The lowest BCUT2D eigenvalue weighted by Gasteiger charge is -2.09. The van der Waals surface area contributed by atoms with Gasteiger partial charge in [-0.05, 0) is 6.07 Å². The van der Waals surface area contributed by atoms with Crippen molar-refractivity contribution in [3.63, 3.8) is 0 Å². The smallest absolute Gasteiger partial charge is 0.258 e. The van der Waals surface area contributed by atoms with Gasteiger partial charge >= 0.3 is 6.18 Å². The molecule has 0 N–H and O–H groups in total. The van der Waals surface area contributed by atoms with Crippen molar-refractivity contribution in [2.45, 2.75) is 11.5 Å². The molecule has 0 atom stereocenters. The van der Waals surface area contributed by atoms with Crippen molar-refractivity contribution in [1.82, 2.24) is 4.98 Å². The molecule has 1 rings (SSSR count). The molecular formula is C7H5Br2ClF3N. The summed E-state index contributed by atoms with van der Waals surface area (Å²) < 4.78 is 36.9. The minimum atomic E-state index is -4.40. The van der Waals surface area contributed by atoms with Crippen LogP contribution in [0.25, 0.3) is 0 Å². The van der Waals surface area contributed by atoms with Crippen molar-refractivity contribution in [3.8, 4) is 0 Å². The second-order valence-corrected chi connectivity index (χ2v) is 3.28. The Morgan fingerprint density at radius 3 is 2.43 bits per heavy atom. The fourth-order valence-electron chi connectivity index (χ4n) is 0.820. The maximum absolute atomic E-state index is 12.3. The maximum atomic E-state index is 12.3. The Morgan fingerprint density at radius 2 is 2.00 bits per heavy atom.